The first-order valence-electron chi connectivity index (χ1n) is 7.69. The van der Waals surface area contributed by atoms with Gasteiger partial charge < -0.3 is 10.6 Å². The fraction of sp³-hybridized carbons (Fsp3) is 0.438. The van der Waals surface area contributed by atoms with Crippen molar-refractivity contribution in [1.82, 2.24) is 25.4 Å². The number of nitrogens with one attached hydrogen (secondary N) is 2. The van der Waals surface area contributed by atoms with Gasteiger partial charge in [0.2, 0.25) is 5.91 Å². The maximum atomic E-state index is 12.3. The maximum absolute atomic E-state index is 12.3. The van der Waals surface area contributed by atoms with Crippen LogP contribution >= 0.6 is 12.4 Å². The minimum absolute atomic E-state index is 0. The minimum Gasteiger partial charge on any atom is -0.349 e. The standard InChI is InChI=1S/C16H21N5O.ClH/c1-12-9-13(7-8-17-12)16(22)18-10-15-20-19-11-21(15)14-5-3-2-4-6-14;/h2-6,11-13,17H,7-10H2,1H3,(H,18,22);1H/t12-,13-;/m0./s1. The average Bonchev–Trinajstić information content (AvgIpc) is 3.02. The van der Waals surface area contributed by atoms with E-state index < -0.39 is 0 Å². The summed E-state index contributed by atoms with van der Waals surface area (Å²) in [6, 6.07) is 10.3. The Bertz CT molecular complexity index is 630. The van der Waals surface area contributed by atoms with Crippen LogP contribution in [-0.2, 0) is 11.3 Å². The number of aromatic nitrogens is 3. The number of carbonyl (C=O) groups excluding carboxylic acids is 1. The molecule has 2 heterocycles. The number of halogens is 1. The maximum Gasteiger partial charge on any atom is 0.223 e. The van der Waals surface area contributed by atoms with Gasteiger partial charge in [-0.2, -0.15) is 0 Å². The summed E-state index contributed by atoms with van der Waals surface area (Å²) in [4.78, 5) is 12.3. The Morgan fingerprint density at radius 2 is 2.17 bits per heavy atom. The van der Waals surface area contributed by atoms with Crippen molar-refractivity contribution in [3.63, 3.8) is 0 Å². The van der Waals surface area contributed by atoms with Crippen molar-refractivity contribution < 1.29 is 4.79 Å². The molecule has 1 saturated heterocycles. The van der Waals surface area contributed by atoms with Crippen LogP contribution in [-0.4, -0.2) is 33.3 Å². The van der Waals surface area contributed by atoms with Crippen LogP contribution in [0.1, 0.15) is 25.6 Å². The lowest BCUT2D eigenvalue weighted by Gasteiger charge is -2.27. The Labute approximate surface area is 142 Å². The predicted molar refractivity (Wildman–Crippen MR) is 90.6 cm³/mol. The van der Waals surface area contributed by atoms with Gasteiger partial charge in [0.1, 0.15) is 6.33 Å². The second kappa shape index (κ2) is 8.08. The number of carbonyl (C=O) groups is 1. The number of rotatable bonds is 4. The van der Waals surface area contributed by atoms with E-state index in [2.05, 4.69) is 27.8 Å². The summed E-state index contributed by atoms with van der Waals surface area (Å²) in [7, 11) is 0. The van der Waals surface area contributed by atoms with Gasteiger partial charge in [0.25, 0.3) is 0 Å². The molecule has 0 unspecified atom stereocenters. The molecule has 2 atom stereocenters. The van der Waals surface area contributed by atoms with E-state index in [4.69, 9.17) is 0 Å². The van der Waals surface area contributed by atoms with E-state index in [9.17, 15) is 4.79 Å². The summed E-state index contributed by atoms with van der Waals surface area (Å²) in [6.45, 7) is 3.41. The molecule has 1 aromatic carbocycles. The van der Waals surface area contributed by atoms with Gasteiger partial charge in [-0.25, -0.2) is 0 Å². The van der Waals surface area contributed by atoms with Gasteiger partial charge in [-0.1, -0.05) is 18.2 Å². The van der Waals surface area contributed by atoms with Crippen LogP contribution in [0, 0.1) is 5.92 Å². The molecule has 23 heavy (non-hydrogen) atoms. The van der Waals surface area contributed by atoms with Crippen molar-refractivity contribution in [2.24, 2.45) is 5.92 Å². The summed E-state index contributed by atoms with van der Waals surface area (Å²) in [6.07, 6.45) is 3.45. The predicted octanol–water partition coefficient (Wildman–Crippen LogP) is 1.69. The van der Waals surface area contributed by atoms with E-state index in [0.717, 1.165) is 30.9 Å². The van der Waals surface area contributed by atoms with Crippen LogP contribution in [0.5, 0.6) is 0 Å². The molecule has 2 aromatic rings. The molecule has 2 N–H and O–H groups in total. The van der Waals surface area contributed by atoms with Crippen molar-refractivity contribution in [2.75, 3.05) is 6.54 Å². The molecule has 0 spiro atoms. The van der Waals surface area contributed by atoms with Crippen LogP contribution in [0.25, 0.3) is 5.69 Å². The third-order valence-corrected chi connectivity index (χ3v) is 4.07. The molecule has 7 heteroatoms. The summed E-state index contributed by atoms with van der Waals surface area (Å²) in [5.41, 5.74) is 0.993. The molecule has 0 saturated carbocycles. The van der Waals surface area contributed by atoms with E-state index in [1.54, 1.807) is 6.33 Å². The highest BCUT2D eigenvalue weighted by molar-refractivity contribution is 5.85. The van der Waals surface area contributed by atoms with Crippen LogP contribution in [0.3, 0.4) is 0 Å². The van der Waals surface area contributed by atoms with Crippen molar-refractivity contribution in [2.45, 2.75) is 32.4 Å². The van der Waals surface area contributed by atoms with Crippen LogP contribution in [0.4, 0.5) is 0 Å². The van der Waals surface area contributed by atoms with Crippen molar-refractivity contribution >= 4 is 18.3 Å². The Balaban J connectivity index is 0.00000192. The summed E-state index contributed by atoms with van der Waals surface area (Å²) >= 11 is 0. The number of amides is 1. The molecule has 124 valence electrons. The van der Waals surface area contributed by atoms with Crippen LogP contribution in [0.15, 0.2) is 36.7 Å². The fourth-order valence-electron chi connectivity index (χ4n) is 2.86. The number of benzene rings is 1. The van der Waals surface area contributed by atoms with Gasteiger partial charge in [0.05, 0.1) is 6.54 Å². The molecule has 0 aliphatic carbocycles. The van der Waals surface area contributed by atoms with Crippen LogP contribution < -0.4 is 10.6 Å². The van der Waals surface area contributed by atoms with Crippen molar-refractivity contribution in [3.05, 3.63) is 42.5 Å². The Kier molecular flexibility index (Phi) is 6.12. The third-order valence-electron chi connectivity index (χ3n) is 4.07. The highest BCUT2D eigenvalue weighted by Crippen LogP contribution is 2.16. The zero-order chi connectivity index (χ0) is 15.4. The van der Waals surface area contributed by atoms with Gasteiger partial charge >= 0.3 is 0 Å². The first-order valence-corrected chi connectivity index (χ1v) is 7.69. The second-order valence-corrected chi connectivity index (χ2v) is 5.75. The van der Waals surface area contributed by atoms with E-state index >= 15 is 0 Å². The SMILES string of the molecule is C[C@H]1C[C@@H](C(=O)NCc2nncn2-c2ccccc2)CCN1.Cl. The van der Waals surface area contributed by atoms with Crippen molar-refractivity contribution in [3.8, 4) is 5.69 Å². The minimum atomic E-state index is 0. The van der Waals surface area contributed by atoms with Gasteiger partial charge in [-0.15, -0.1) is 22.6 Å². The molecule has 6 nitrogen and oxygen atoms in total. The largest absolute Gasteiger partial charge is 0.349 e. The molecule has 1 fully saturated rings. The summed E-state index contributed by atoms with van der Waals surface area (Å²) in [5.74, 6) is 0.932. The number of nitrogens with zero attached hydrogens (tertiary/aromatic N) is 3. The number of hydrogen-bond acceptors (Lipinski definition) is 4. The Hall–Kier alpha value is -1.92. The molecule has 1 aliphatic heterocycles. The van der Waals surface area contributed by atoms with Gasteiger partial charge in [-0.3, -0.25) is 9.36 Å². The lowest BCUT2D eigenvalue weighted by Crippen LogP contribution is -2.42. The zero-order valence-corrected chi connectivity index (χ0v) is 13.9. The topological polar surface area (TPSA) is 71.8 Å². The summed E-state index contributed by atoms with van der Waals surface area (Å²) < 4.78 is 1.89. The smallest absolute Gasteiger partial charge is 0.223 e. The first kappa shape index (κ1) is 17.4. The van der Waals surface area contributed by atoms with Gasteiger partial charge in [0, 0.05) is 17.6 Å². The lowest BCUT2D eigenvalue weighted by atomic mass is 9.92. The molecule has 3 rings (SSSR count). The lowest BCUT2D eigenvalue weighted by molar-refractivity contribution is -0.126. The summed E-state index contributed by atoms with van der Waals surface area (Å²) in [5, 5.41) is 14.4. The molecule has 0 radical (unpaired) electrons. The van der Waals surface area contributed by atoms with Crippen molar-refractivity contribution in [1.29, 1.82) is 0 Å². The zero-order valence-electron chi connectivity index (χ0n) is 13.1. The molecule has 1 amide bonds. The van der Waals surface area contributed by atoms with E-state index in [0.29, 0.717) is 12.6 Å². The monoisotopic (exact) mass is 335 g/mol. The Morgan fingerprint density at radius 1 is 1.39 bits per heavy atom. The average molecular weight is 336 g/mol. The quantitative estimate of drug-likeness (QED) is 0.892. The Morgan fingerprint density at radius 3 is 2.91 bits per heavy atom. The first-order chi connectivity index (χ1) is 10.7. The third kappa shape index (κ3) is 4.30. The normalized spacial score (nSPS) is 20.6. The number of piperidine rings is 1. The van der Waals surface area contributed by atoms with Crippen LogP contribution in [0.2, 0.25) is 0 Å². The second-order valence-electron chi connectivity index (χ2n) is 5.75. The van der Waals surface area contributed by atoms with Gasteiger partial charge in [0.15, 0.2) is 5.82 Å². The van der Waals surface area contributed by atoms with E-state index in [1.807, 2.05) is 34.9 Å². The molecule has 1 aromatic heterocycles. The van der Waals surface area contributed by atoms with Gasteiger partial charge in [-0.05, 0) is 38.4 Å². The fourth-order valence-corrected chi connectivity index (χ4v) is 2.86. The molecule has 1 aliphatic rings. The number of hydrogen-bond donors (Lipinski definition) is 2. The molecule has 0 bridgehead atoms. The highest BCUT2D eigenvalue weighted by Gasteiger charge is 2.24. The highest BCUT2D eigenvalue weighted by atomic mass is 35.5. The van der Waals surface area contributed by atoms with E-state index in [-0.39, 0.29) is 24.2 Å². The number of para-hydroxylation sites is 1. The molecular formula is C16H22ClN5O. The molecular weight excluding hydrogens is 314 g/mol. The van der Waals surface area contributed by atoms with E-state index in [1.165, 1.54) is 0 Å².